The van der Waals surface area contributed by atoms with Crippen molar-refractivity contribution in [1.82, 2.24) is 4.31 Å². The molecule has 0 aliphatic carbocycles. The first-order chi connectivity index (χ1) is 12.8. The van der Waals surface area contributed by atoms with Crippen molar-refractivity contribution in [2.75, 3.05) is 25.5 Å². The van der Waals surface area contributed by atoms with Crippen LogP contribution in [-0.2, 0) is 21.2 Å². The number of hydrogen-bond donors (Lipinski definition) is 1. The van der Waals surface area contributed by atoms with Crippen molar-refractivity contribution in [2.24, 2.45) is 0 Å². The molecule has 0 bridgehead atoms. The Morgan fingerprint density at radius 3 is 2.26 bits per heavy atom. The second kappa shape index (κ2) is 9.01. The van der Waals surface area contributed by atoms with Crippen molar-refractivity contribution in [3.05, 3.63) is 53.6 Å². The average molecular weight is 391 g/mol. The molecule has 6 nitrogen and oxygen atoms in total. The van der Waals surface area contributed by atoms with Crippen LogP contribution in [0.15, 0.2) is 47.4 Å². The number of nitrogens with one attached hydrogen (secondary N) is 1. The molecule has 0 fully saturated rings. The van der Waals surface area contributed by atoms with Gasteiger partial charge in [0, 0.05) is 24.3 Å². The molecule has 0 unspecified atom stereocenters. The molecule has 27 heavy (non-hydrogen) atoms. The predicted molar refractivity (Wildman–Crippen MR) is 107 cm³/mol. The van der Waals surface area contributed by atoms with Crippen molar-refractivity contribution >= 4 is 21.6 Å². The zero-order chi connectivity index (χ0) is 20.0. The van der Waals surface area contributed by atoms with Crippen LogP contribution in [0, 0.1) is 6.92 Å². The fourth-order valence-electron chi connectivity index (χ4n) is 2.85. The molecule has 0 aliphatic heterocycles. The molecule has 2 rings (SSSR count). The van der Waals surface area contributed by atoms with Crippen LogP contribution in [0.2, 0.25) is 0 Å². The molecule has 2 aromatic rings. The van der Waals surface area contributed by atoms with Crippen LogP contribution in [0.25, 0.3) is 0 Å². The van der Waals surface area contributed by atoms with E-state index in [0.717, 1.165) is 11.1 Å². The molecule has 146 valence electrons. The fourth-order valence-corrected chi connectivity index (χ4v) is 4.30. The summed E-state index contributed by atoms with van der Waals surface area (Å²) < 4.78 is 31.7. The Kier molecular flexibility index (Phi) is 6.98. The molecule has 0 aliphatic rings. The summed E-state index contributed by atoms with van der Waals surface area (Å²) in [7, 11) is -1.93. The van der Waals surface area contributed by atoms with E-state index in [-0.39, 0.29) is 17.2 Å². The van der Waals surface area contributed by atoms with Gasteiger partial charge in [-0.05, 0) is 37.3 Å². The van der Waals surface area contributed by atoms with E-state index in [1.165, 1.54) is 16.4 Å². The number of amides is 1. The largest absolute Gasteiger partial charge is 0.496 e. The molecule has 1 N–H and O–H groups in total. The number of carbonyl (C=O) groups excluding carboxylic acids is 1. The monoisotopic (exact) mass is 390 g/mol. The number of methoxy groups -OCH3 is 1. The maximum absolute atomic E-state index is 12.5. The lowest BCUT2D eigenvalue weighted by atomic mass is 10.1. The minimum Gasteiger partial charge on any atom is -0.496 e. The third-order valence-corrected chi connectivity index (χ3v) is 6.33. The number of aryl methyl sites for hydroxylation is 1. The van der Waals surface area contributed by atoms with Crippen LogP contribution in [0.4, 0.5) is 5.69 Å². The Morgan fingerprint density at radius 2 is 1.70 bits per heavy atom. The number of hydrogen-bond acceptors (Lipinski definition) is 4. The van der Waals surface area contributed by atoms with Crippen molar-refractivity contribution in [2.45, 2.75) is 32.1 Å². The first kappa shape index (κ1) is 20.9. The lowest BCUT2D eigenvalue weighted by Gasteiger charge is -2.18. The van der Waals surface area contributed by atoms with Crippen LogP contribution in [0.1, 0.15) is 25.0 Å². The summed E-state index contributed by atoms with van der Waals surface area (Å²) in [6.07, 6.45) is 0.171. The highest BCUT2D eigenvalue weighted by Crippen LogP contribution is 2.22. The number of benzene rings is 2. The zero-order valence-corrected chi connectivity index (χ0v) is 17.0. The smallest absolute Gasteiger partial charge is 0.243 e. The minimum absolute atomic E-state index is 0.171. The van der Waals surface area contributed by atoms with Gasteiger partial charge >= 0.3 is 0 Å². The van der Waals surface area contributed by atoms with Gasteiger partial charge in [0.05, 0.1) is 18.4 Å². The highest BCUT2D eigenvalue weighted by Gasteiger charge is 2.21. The van der Waals surface area contributed by atoms with Crippen molar-refractivity contribution in [3.63, 3.8) is 0 Å². The van der Waals surface area contributed by atoms with Crippen LogP contribution >= 0.6 is 0 Å². The van der Waals surface area contributed by atoms with Gasteiger partial charge in [-0.15, -0.1) is 0 Å². The molecule has 0 spiro atoms. The molecule has 1 amide bonds. The lowest BCUT2D eigenvalue weighted by molar-refractivity contribution is -0.115. The summed E-state index contributed by atoms with van der Waals surface area (Å²) >= 11 is 0. The van der Waals surface area contributed by atoms with E-state index in [9.17, 15) is 13.2 Å². The van der Waals surface area contributed by atoms with Crippen LogP contribution in [0.5, 0.6) is 5.75 Å². The van der Waals surface area contributed by atoms with Gasteiger partial charge in [0.2, 0.25) is 15.9 Å². The fraction of sp³-hybridized carbons (Fsp3) is 0.350. The van der Waals surface area contributed by atoms with Crippen LogP contribution in [0.3, 0.4) is 0 Å². The third-order valence-electron chi connectivity index (χ3n) is 4.27. The highest BCUT2D eigenvalue weighted by atomic mass is 32.2. The Bertz CT molecular complexity index is 889. The number of carbonyl (C=O) groups is 1. The number of nitrogens with zero attached hydrogens (tertiary/aromatic N) is 1. The predicted octanol–water partition coefficient (Wildman–Crippen LogP) is 3.22. The van der Waals surface area contributed by atoms with E-state index in [1.54, 1.807) is 33.1 Å². The van der Waals surface area contributed by atoms with E-state index in [1.807, 2.05) is 25.1 Å². The van der Waals surface area contributed by atoms with Gasteiger partial charge in [0.1, 0.15) is 5.75 Å². The third kappa shape index (κ3) is 5.08. The SMILES string of the molecule is CCN(CC)S(=O)(=O)c1ccc(NC(=O)Cc2cc(C)ccc2OC)cc1. The average Bonchev–Trinajstić information content (AvgIpc) is 2.63. The van der Waals surface area contributed by atoms with Gasteiger partial charge in [0.15, 0.2) is 0 Å². The molecule has 0 heterocycles. The van der Waals surface area contributed by atoms with Crippen LogP contribution < -0.4 is 10.1 Å². The quantitative estimate of drug-likeness (QED) is 0.751. The summed E-state index contributed by atoms with van der Waals surface area (Å²) in [5.41, 5.74) is 2.39. The second-order valence-electron chi connectivity index (χ2n) is 6.15. The minimum atomic E-state index is -3.50. The zero-order valence-electron chi connectivity index (χ0n) is 16.2. The van der Waals surface area contributed by atoms with Gasteiger partial charge in [-0.3, -0.25) is 4.79 Å². The second-order valence-corrected chi connectivity index (χ2v) is 8.09. The molecule has 2 aromatic carbocycles. The summed E-state index contributed by atoms with van der Waals surface area (Å²) in [5, 5.41) is 2.79. The van der Waals surface area contributed by atoms with Crippen molar-refractivity contribution in [1.29, 1.82) is 0 Å². The van der Waals surface area contributed by atoms with E-state index in [0.29, 0.717) is 24.5 Å². The first-order valence-electron chi connectivity index (χ1n) is 8.85. The molecule has 0 aromatic heterocycles. The van der Waals surface area contributed by atoms with Crippen LogP contribution in [-0.4, -0.2) is 38.8 Å². The Labute approximate surface area is 161 Å². The highest BCUT2D eigenvalue weighted by molar-refractivity contribution is 7.89. The van der Waals surface area contributed by atoms with E-state index >= 15 is 0 Å². The Morgan fingerprint density at radius 1 is 1.07 bits per heavy atom. The molecule has 7 heteroatoms. The number of ether oxygens (including phenoxy) is 1. The summed E-state index contributed by atoms with van der Waals surface area (Å²) in [6, 6.07) is 11.9. The summed E-state index contributed by atoms with van der Waals surface area (Å²) in [5.74, 6) is 0.467. The molecular weight excluding hydrogens is 364 g/mol. The molecule has 0 saturated heterocycles. The Hall–Kier alpha value is -2.38. The van der Waals surface area contributed by atoms with Crippen molar-refractivity contribution in [3.8, 4) is 5.75 Å². The van der Waals surface area contributed by atoms with Gasteiger partial charge in [-0.25, -0.2) is 8.42 Å². The number of rotatable bonds is 8. The maximum atomic E-state index is 12.5. The number of sulfonamides is 1. The Balaban J connectivity index is 2.11. The lowest BCUT2D eigenvalue weighted by Crippen LogP contribution is -2.30. The topological polar surface area (TPSA) is 75.7 Å². The molecule has 0 saturated carbocycles. The van der Waals surface area contributed by atoms with E-state index in [4.69, 9.17) is 4.74 Å². The molecule has 0 radical (unpaired) electrons. The number of anilines is 1. The van der Waals surface area contributed by atoms with Gasteiger partial charge < -0.3 is 10.1 Å². The van der Waals surface area contributed by atoms with Crippen molar-refractivity contribution < 1.29 is 17.9 Å². The van der Waals surface area contributed by atoms with Gasteiger partial charge in [-0.1, -0.05) is 31.5 Å². The standard InChI is InChI=1S/C20H26N2O4S/c1-5-22(6-2)27(24,25)18-10-8-17(9-11-18)21-20(23)14-16-13-15(3)7-12-19(16)26-4/h7-13H,5-6,14H2,1-4H3,(H,21,23). The van der Waals surface area contributed by atoms with E-state index < -0.39 is 10.0 Å². The maximum Gasteiger partial charge on any atom is 0.243 e. The van der Waals surface area contributed by atoms with Gasteiger partial charge in [0.25, 0.3) is 0 Å². The summed E-state index contributed by atoms with van der Waals surface area (Å²) in [6.45, 7) is 6.38. The van der Waals surface area contributed by atoms with E-state index in [2.05, 4.69) is 5.32 Å². The summed E-state index contributed by atoms with van der Waals surface area (Å²) in [4.78, 5) is 12.6. The van der Waals surface area contributed by atoms with Gasteiger partial charge in [-0.2, -0.15) is 4.31 Å². The normalized spacial score (nSPS) is 11.4. The molecular formula is C20H26N2O4S. The molecule has 0 atom stereocenters. The first-order valence-corrected chi connectivity index (χ1v) is 10.3.